The molecule has 0 bridgehead atoms. The first-order valence-electron chi connectivity index (χ1n) is 12.0. The SMILES string of the molecule is COc1c(C[C@@H]2C[C@@H]3C[C@@H]3N2C(=O)c2nc(N)sc2-c2cccc(F)c2)c(C(N)=O)nc2ccccc12. The highest BCUT2D eigenvalue weighted by Gasteiger charge is 2.54. The third-order valence-electron chi connectivity index (χ3n) is 7.20. The zero-order valence-electron chi connectivity index (χ0n) is 20.0. The lowest BCUT2D eigenvalue weighted by Gasteiger charge is -2.28. The Morgan fingerprint density at radius 2 is 1.95 bits per heavy atom. The molecule has 0 radical (unpaired) electrons. The lowest BCUT2D eigenvalue weighted by molar-refractivity contribution is 0.0695. The van der Waals surface area contributed by atoms with E-state index in [4.69, 9.17) is 16.2 Å². The second kappa shape index (κ2) is 8.81. The van der Waals surface area contributed by atoms with Crippen LogP contribution in [-0.4, -0.2) is 45.9 Å². The molecule has 8 nitrogen and oxygen atoms in total. The van der Waals surface area contributed by atoms with Crippen LogP contribution in [0.1, 0.15) is 39.4 Å². The van der Waals surface area contributed by atoms with Gasteiger partial charge in [-0.05, 0) is 55.0 Å². The molecule has 4 aromatic rings. The fourth-order valence-corrected chi connectivity index (χ4v) is 6.39. The number of nitrogens with two attached hydrogens (primary N) is 2. The topological polar surface area (TPSA) is 124 Å². The Bertz CT molecular complexity index is 1570. The van der Waals surface area contributed by atoms with Gasteiger partial charge in [-0.3, -0.25) is 9.59 Å². The van der Waals surface area contributed by atoms with E-state index in [1.807, 2.05) is 23.1 Å². The Labute approximate surface area is 216 Å². The summed E-state index contributed by atoms with van der Waals surface area (Å²) < 4.78 is 19.7. The van der Waals surface area contributed by atoms with Crippen molar-refractivity contribution in [3.8, 4) is 16.2 Å². The standard InChI is InChI=1S/C27H24FN5O3S/c1-36-23-17-7-2-3-8-19(17)31-21(25(29)34)18(23)12-16-10-14-11-20(14)33(16)26(35)22-24(37-27(30)32-22)13-5-4-6-15(28)9-13/h2-9,14,16,20H,10-12H2,1H3,(H2,29,34)(H2,30,32)/t14-,16+,20+/m1/s1. The van der Waals surface area contributed by atoms with Gasteiger partial charge in [-0.2, -0.15) is 0 Å². The molecule has 188 valence electrons. The van der Waals surface area contributed by atoms with E-state index in [0.717, 1.165) is 29.6 Å². The van der Waals surface area contributed by atoms with Crippen molar-refractivity contribution in [2.24, 2.45) is 11.7 Å². The zero-order valence-corrected chi connectivity index (χ0v) is 20.8. The van der Waals surface area contributed by atoms with Crippen LogP contribution in [0.25, 0.3) is 21.3 Å². The molecule has 2 aromatic carbocycles. The second-order valence-electron chi connectivity index (χ2n) is 9.46. The Balaban J connectivity index is 1.40. The highest BCUT2D eigenvalue weighted by atomic mass is 32.1. The van der Waals surface area contributed by atoms with Crippen molar-refractivity contribution in [2.75, 3.05) is 12.8 Å². The fourth-order valence-electron chi connectivity index (χ4n) is 5.57. The van der Waals surface area contributed by atoms with Crippen molar-refractivity contribution < 1.29 is 18.7 Å². The number of thiazole rings is 1. The number of methoxy groups -OCH3 is 1. The van der Waals surface area contributed by atoms with Crippen molar-refractivity contribution in [1.29, 1.82) is 0 Å². The van der Waals surface area contributed by atoms with Crippen LogP contribution in [0.2, 0.25) is 0 Å². The molecule has 2 aromatic heterocycles. The molecule has 10 heteroatoms. The molecule has 1 saturated heterocycles. The number of amides is 2. The molecule has 4 N–H and O–H groups in total. The monoisotopic (exact) mass is 517 g/mol. The molecular weight excluding hydrogens is 493 g/mol. The number of benzene rings is 2. The number of anilines is 1. The number of pyridine rings is 1. The van der Waals surface area contributed by atoms with Crippen LogP contribution in [0.15, 0.2) is 48.5 Å². The first-order chi connectivity index (χ1) is 17.9. The lowest BCUT2D eigenvalue weighted by Crippen LogP contribution is -2.40. The summed E-state index contributed by atoms with van der Waals surface area (Å²) in [5.41, 5.74) is 13.8. The number of likely N-dealkylation sites (tertiary alicyclic amines) is 1. The summed E-state index contributed by atoms with van der Waals surface area (Å²) in [5.74, 6) is -0.403. The number of fused-ring (bicyclic) bond motifs is 2. The number of rotatable bonds is 6. The first kappa shape index (κ1) is 23.4. The number of aromatic nitrogens is 2. The number of piperidine rings is 1. The third-order valence-corrected chi connectivity index (χ3v) is 8.13. The number of carbonyl (C=O) groups is 2. The van der Waals surface area contributed by atoms with Gasteiger partial charge in [-0.15, -0.1) is 0 Å². The Kier molecular flexibility index (Phi) is 5.56. The van der Waals surface area contributed by atoms with E-state index in [1.165, 1.54) is 12.1 Å². The highest BCUT2D eigenvalue weighted by Crippen LogP contribution is 2.50. The molecule has 6 rings (SSSR count). The first-order valence-corrected chi connectivity index (χ1v) is 12.8. The number of para-hydroxylation sites is 1. The van der Waals surface area contributed by atoms with E-state index in [9.17, 15) is 14.0 Å². The quantitative estimate of drug-likeness (QED) is 0.398. The third kappa shape index (κ3) is 3.97. The summed E-state index contributed by atoms with van der Waals surface area (Å²) in [6, 6.07) is 13.3. The number of hydrogen-bond acceptors (Lipinski definition) is 7. The van der Waals surface area contributed by atoms with Crippen molar-refractivity contribution in [3.05, 3.63) is 71.3 Å². The molecule has 2 amide bonds. The Morgan fingerprint density at radius 3 is 2.70 bits per heavy atom. The second-order valence-corrected chi connectivity index (χ2v) is 10.5. The average Bonchev–Trinajstić information content (AvgIpc) is 3.37. The number of halogens is 1. The van der Waals surface area contributed by atoms with Gasteiger partial charge < -0.3 is 21.1 Å². The van der Waals surface area contributed by atoms with Gasteiger partial charge in [0, 0.05) is 23.0 Å². The van der Waals surface area contributed by atoms with E-state index >= 15 is 0 Å². The van der Waals surface area contributed by atoms with Crippen LogP contribution >= 0.6 is 11.3 Å². The minimum absolute atomic E-state index is 0.0808. The van der Waals surface area contributed by atoms with Gasteiger partial charge in [0.2, 0.25) is 0 Å². The largest absolute Gasteiger partial charge is 0.496 e. The van der Waals surface area contributed by atoms with E-state index in [-0.39, 0.29) is 34.5 Å². The van der Waals surface area contributed by atoms with Crippen LogP contribution in [0.4, 0.5) is 9.52 Å². The maximum Gasteiger partial charge on any atom is 0.274 e. The van der Waals surface area contributed by atoms with Crippen molar-refractivity contribution >= 4 is 39.2 Å². The normalized spacial score (nSPS) is 20.2. The van der Waals surface area contributed by atoms with E-state index in [0.29, 0.717) is 39.6 Å². The molecule has 1 aliphatic heterocycles. The summed E-state index contributed by atoms with van der Waals surface area (Å²) in [5, 5.41) is 1.01. The maximum absolute atomic E-state index is 14.0. The van der Waals surface area contributed by atoms with Gasteiger partial charge >= 0.3 is 0 Å². The fraction of sp³-hybridized carbons (Fsp3) is 0.259. The minimum atomic E-state index is -0.652. The zero-order chi connectivity index (χ0) is 25.8. The molecule has 3 atom stereocenters. The van der Waals surface area contributed by atoms with Gasteiger partial charge in [0.1, 0.15) is 23.0 Å². The Hall–Kier alpha value is -4.05. The van der Waals surface area contributed by atoms with Crippen molar-refractivity contribution in [3.63, 3.8) is 0 Å². The summed E-state index contributed by atoms with van der Waals surface area (Å²) in [4.78, 5) is 37.6. The number of hydrogen-bond donors (Lipinski definition) is 2. The van der Waals surface area contributed by atoms with Crippen molar-refractivity contribution in [2.45, 2.75) is 31.3 Å². The summed E-state index contributed by atoms with van der Waals surface area (Å²) in [6.07, 6.45) is 2.04. The van der Waals surface area contributed by atoms with Crippen LogP contribution in [0.5, 0.6) is 5.75 Å². The Morgan fingerprint density at radius 1 is 1.14 bits per heavy atom. The van der Waals surface area contributed by atoms with E-state index in [2.05, 4.69) is 9.97 Å². The average molecular weight is 518 g/mol. The van der Waals surface area contributed by atoms with Crippen LogP contribution in [-0.2, 0) is 6.42 Å². The number of nitrogen functional groups attached to an aromatic ring is 1. The molecule has 2 fully saturated rings. The number of carbonyl (C=O) groups excluding carboxylic acids is 2. The molecule has 0 unspecified atom stereocenters. The number of nitrogens with zero attached hydrogens (tertiary/aromatic N) is 3. The van der Waals surface area contributed by atoms with Gasteiger partial charge in [-0.1, -0.05) is 35.6 Å². The molecule has 1 aliphatic carbocycles. The maximum atomic E-state index is 14.0. The van der Waals surface area contributed by atoms with Gasteiger partial charge in [0.05, 0.1) is 17.5 Å². The summed E-state index contributed by atoms with van der Waals surface area (Å²) >= 11 is 1.16. The van der Waals surface area contributed by atoms with Gasteiger partial charge in [-0.25, -0.2) is 14.4 Å². The van der Waals surface area contributed by atoms with Crippen LogP contribution in [0.3, 0.4) is 0 Å². The molecule has 37 heavy (non-hydrogen) atoms. The number of ether oxygens (including phenoxy) is 1. The van der Waals surface area contributed by atoms with E-state index in [1.54, 1.807) is 25.3 Å². The van der Waals surface area contributed by atoms with Gasteiger partial charge in [0.25, 0.3) is 11.8 Å². The van der Waals surface area contributed by atoms with Crippen LogP contribution < -0.4 is 16.2 Å². The number of primary amides is 1. The smallest absolute Gasteiger partial charge is 0.274 e. The van der Waals surface area contributed by atoms with Crippen LogP contribution in [0, 0.1) is 11.7 Å². The molecule has 3 heterocycles. The van der Waals surface area contributed by atoms with E-state index < -0.39 is 11.7 Å². The lowest BCUT2D eigenvalue weighted by atomic mass is 9.97. The molecule has 2 aliphatic rings. The van der Waals surface area contributed by atoms with Gasteiger partial charge in [0.15, 0.2) is 5.13 Å². The minimum Gasteiger partial charge on any atom is -0.496 e. The van der Waals surface area contributed by atoms with Crippen molar-refractivity contribution in [1.82, 2.24) is 14.9 Å². The predicted molar refractivity (Wildman–Crippen MR) is 139 cm³/mol. The summed E-state index contributed by atoms with van der Waals surface area (Å²) in [7, 11) is 1.55. The summed E-state index contributed by atoms with van der Waals surface area (Å²) in [6.45, 7) is 0. The molecular formula is C27H24FN5O3S. The molecule has 1 saturated carbocycles. The predicted octanol–water partition coefficient (Wildman–Crippen LogP) is 4.03. The highest BCUT2D eigenvalue weighted by molar-refractivity contribution is 7.19. The molecule has 0 spiro atoms.